The summed E-state index contributed by atoms with van der Waals surface area (Å²) in [5, 5.41) is 9.59. The Hall–Kier alpha value is -2.12. The number of rotatable bonds is 10. The van der Waals surface area contributed by atoms with Crippen molar-refractivity contribution in [2.75, 3.05) is 52.5 Å². The number of hydrogen-bond donors (Lipinski definition) is 3. The molecular formula is C22H37N5O2. The van der Waals surface area contributed by atoms with Crippen LogP contribution in [0.4, 0.5) is 0 Å². The third-order valence-electron chi connectivity index (χ3n) is 5.07. The number of benzene rings is 1. The number of amides is 1. The Balaban J connectivity index is 1.78. The molecule has 1 unspecified atom stereocenters. The average molecular weight is 404 g/mol. The third kappa shape index (κ3) is 8.83. The lowest BCUT2D eigenvalue weighted by Crippen LogP contribution is -2.52. The highest BCUT2D eigenvalue weighted by atomic mass is 16.5. The largest absolute Gasteiger partial charge is 0.379 e. The second-order valence-electron chi connectivity index (χ2n) is 7.62. The number of morpholine rings is 1. The van der Waals surface area contributed by atoms with Crippen LogP contribution in [0.3, 0.4) is 0 Å². The Kier molecular flexibility index (Phi) is 10.5. The van der Waals surface area contributed by atoms with Crippen molar-refractivity contribution in [1.29, 1.82) is 0 Å². The Morgan fingerprint density at radius 2 is 1.86 bits per heavy atom. The van der Waals surface area contributed by atoms with E-state index in [9.17, 15) is 4.79 Å². The van der Waals surface area contributed by atoms with Crippen LogP contribution in [0.5, 0.6) is 0 Å². The summed E-state index contributed by atoms with van der Waals surface area (Å²) in [6, 6.07) is 10.6. The van der Waals surface area contributed by atoms with Gasteiger partial charge in [0.15, 0.2) is 5.96 Å². The summed E-state index contributed by atoms with van der Waals surface area (Å²) < 4.78 is 5.48. The zero-order valence-electron chi connectivity index (χ0n) is 18.1. The second kappa shape index (κ2) is 13.2. The normalized spacial score (nSPS) is 16.5. The smallest absolute Gasteiger partial charge is 0.241 e. The molecule has 1 amide bonds. The average Bonchev–Trinajstić information content (AvgIpc) is 2.73. The molecule has 1 aromatic rings. The van der Waals surface area contributed by atoms with Gasteiger partial charge >= 0.3 is 0 Å². The number of hydrogen-bond acceptors (Lipinski definition) is 4. The predicted octanol–water partition coefficient (Wildman–Crippen LogP) is 1.26. The summed E-state index contributed by atoms with van der Waals surface area (Å²) in [4.78, 5) is 19.1. The number of guanidine groups is 1. The lowest BCUT2D eigenvalue weighted by molar-refractivity contribution is -0.119. The molecule has 0 bridgehead atoms. The van der Waals surface area contributed by atoms with Crippen molar-refractivity contribution in [2.45, 2.75) is 33.2 Å². The van der Waals surface area contributed by atoms with Crippen molar-refractivity contribution >= 4 is 11.9 Å². The van der Waals surface area contributed by atoms with Crippen LogP contribution in [0.1, 0.15) is 26.3 Å². The number of nitrogens with zero attached hydrogens (tertiary/aromatic N) is 2. The van der Waals surface area contributed by atoms with Crippen LogP contribution >= 0.6 is 0 Å². The van der Waals surface area contributed by atoms with E-state index in [2.05, 4.69) is 51.8 Å². The molecule has 1 heterocycles. The van der Waals surface area contributed by atoms with Crippen LogP contribution in [0.15, 0.2) is 35.3 Å². The first-order valence-electron chi connectivity index (χ1n) is 10.7. The van der Waals surface area contributed by atoms with Crippen molar-refractivity contribution in [2.24, 2.45) is 10.9 Å². The fourth-order valence-electron chi connectivity index (χ4n) is 3.44. The van der Waals surface area contributed by atoms with Gasteiger partial charge in [-0.2, -0.15) is 0 Å². The number of ether oxygens (including phenoxy) is 1. The second-order valence-corrected chi connectivity index (χ2v) is 7.62. The molecule has 0 radical (unpaired) electrons. The number of aliphatic imine (C=N–C) groups is 1. The topological polar surface area (TPSA) is 78.0 Å². The van der Waals surface area contributed by atoms with Crippen molar-refractivity contribution in [1.82, 2.24) is 20.9 Å². The molecule has 1 aliphatic rings. The highest BCUT2D eigenvalue weighted by molar-refractivity contribution is 5.84. The fourth-order valence-corrected chi connectivity index (χ4v) is 3.44. The standard InChI is InChI=1S/C22H37N5O2/c1-4-23-22(25-16-20(18(2)3)27-12-14-29-15-13-27)26-17-21(28)24-11-10-19-8-6-5-7-9-19/h5-9,18,20H,4,10-17H2,1-3H3,(H,24,28)(H2,23,25,26). The molecule has 1 saturated heterocycles. The summed E-state index contributed by atoms with van der Waals surface area (Å²) in [5.74, 6) is 1.14. The van der Waals surface area contributed by atoms with E-state index >= 15 is 0 Å². The van der Waals surface area contributed by atoms with Gasteiger partial charge in [-0.3, -0.25) is 9.69 Å². The van der Waals surface area contributed by atoms with Gasteiger partial charge in [0, 0.05) is 38.8 Å². The van der Waals surface area contributed by atoms with Gasteiger partial charge in [0.25, 0.3) is 0 Å². The number of nitrogens with one attached hydrogen (secondary N) is 3. The number of carbonyl (C=O) groups excluding carboxylic acids is 1. The van der Waals surface area contributed by atoms with E-state index in [-0.39, 0.29) is 12.5 Å². The summed E-state index contributed by atoms with van der Waals surface area (Å²) in [7, 11) is 0. The first-order chi connectivity index (χ1) is 14.1. The molecule has 2 rings (SSSR count). The van der Waals surface area contributed by atoms with Crippen LogP contribution in [-0.2, 0) is 16.0 Å². The summed E-state index contributed by atoms with van der Waals surface area (Å²) in [5.41, 5.74) is 1.22. The van der Waals surface area contributed by atoms with Gasteiger partial charge in [0.1, 0.15) is 6.54 Å². The van der Waals surface area contributed by atoms with E-state index in [4.69, 9.17) is 4.74 Å². The molecule has 29 heavy (non-hydrogen) atoms. The van der Waals surface area contributed by atoms with Crippen LogP contribution in [0.2, 0.25) is 0 Å². The minimum atomic E-state index is -0.0632. The lowest BCUT2D eigenvalue weighted by atomic mass is 10.0. The summed E-state index contributed by atoms with van der Waals surface area (Å²) in [6.07, 6.45) is 0.824. The molecule has 1 atom stereocenters. The quantitative estimate of drug-likeness (QED) is 0.405. The maximum absolute atomic E-state index is 12.1. The molecule has 7 heteroatoms. The Bertz CT molecular complexity index is 615. The van der Waals surface area contributed by atoms with Crippen molar-refractivity contribution in [3.8, 4) is 0 Å². The van der Waals surface area contributed by atoms with Crippen LogP contribution in [0.25, 0.3) is 0 Å². The number of carbonyl (C=O) groups is 1. The third-order valence-corrected chi connectivity index (χ3v) is 5.07. The van der Waals surface area contributed by atoms with Gasteiger partial charge < -0.3 is 20.7 Å². The van der Waals surface area contributed by atoms with E-state index in [0.29, 0.717) is 24.5 Å². The molecule has 0 aromatic heterocycles. The van der Waals surface area contributed by atoms with Gasteiger partial charge in [0.05, 0.1) is 13.2 Å². The van der Waals surface area contributed by atoms with Crippen LogP contribution in [-0.4, -0.2) is 75.3 Å². The SMILES string of the molecule is CCNC(=NCC(=O)NCCc1ccccc1)NCC(C(C)C)N1CCOCC1. The molecule has 0 spiro atoms. The molecule has 0 saturated carbocycles. The van der Waals surface area contributed by atoms with Gasteiger partial charge in [-0.1, -0.05) is 44.2 Å². The Morgan fingerprint density at radius 1 is 1.14 bits per heavy atom. The van der Waals surface area contributed by atoms with E-state index in [0.717, 1.165) is 45.8 Å². The first-order valence-corrected chi connectivity index (χ1v) is 10.7. The maximum Gasteiger partial charge on any atom is 0.241 e. The Labute approximate surface area is 175 Å². The van der Waals surface area contributed by atoms with Gasteiger partial charge in [0.2, 0.25) is 5.91 Å². The molecule has 1 aromatic carbocycles. The zero-order valence-corrected chi connectivity index (χ0v) is 18.1. The lowest BCUT2D eigenvalue weighted by Gasteiger charge is -2.37. The molecular weight excluding hydrogens is 366 g/mol. The molecule has 1 aliphatic heterocycles. The monoisotopic (exact) mass is 403 g/mol. The summed E-state index contributed by atoms with van der Waals surface area (Å²) >= 11 is 0. The summed E-state index contributed by atoms with van der Waals surface area (Å²) in [6.45, 7) is 12.3. The predicted molar refractivity (Wildman–Crippen MR) is 118 cm³/mol. The molecule has 7 nitrogen and oxygen atoms in total. The van der Waals surface area contributed by atoms with Crippen LogP contribution in [0, 0.1) is 5.92 Å². The van der Waals surface area contributed by atoms with E-state index in [1.807, 2.05) is 25.1 Å². The van der Waals surface area contributed by atoms with Gasteiger partial charge in [-0.05, 0) is 24.8 Å². The highest BCUT2D eigenvalue weighted by Gasteiger charge is 2.23. The van der Waals surface area contributed by atoms with Crippen molar-refractivity contribution < 1.29 is 9.53 Å². The van der Waals surface area contributed by atoms with Crippen LogP contribution < -0.4 is 16.0 Å². The van der Waals surface area contributed by atoms with Gasteiger partial charge in [-0.15, -0.1) is 0 Å². The van der Waals surface area contributed by atoms with Crippen molar-refractivity contribution in [3.05, 3.63) is 35.9 Å². The maximum atomic E-state index is 12.1. The van der Waals surface area contributed by atoms with E-state index in [1.165, 1.54) is 5.56 Å². The zero-order chi connectivity index (χ0) is 20.9. The molecule has 1 fully saturated rings. The fraction of sp³-hybridized carbons (Fsp3) is 0.636. The Morgan fingerprint density at radius 3 is 2.52 bits per heavy atom. The molecule has 162 valence electrons. The first kappa shape index (κ1) is 23.2. The highest BCUT2D eigenvalue weighted by Crippen LogP contribution is 2.12. The van der Waals surface area contributed by atoms with Crippen molar-refractivity contribution in [3.63, 3.8) is 0 Å². The van der Waals surface area contributed by atoms with Gasteiger partial charge in [-0.25, -0.2) is 4.99 Å². The molecule has 0 aliphatic carbocycles. The van der Waals surface area contributed by atoms with E-state index in [1.54, 1.807) is 0 Å². The minimum Gasteiger partial charge on any atom is -0.379 e. The van der Waals surface area contributed by atoms with E-state index < -0.39 is 0 Å². The molecule has 3 N–H and O–H groups in total. The minimum absolute atomic E-state index is 0.0632.